The van der Waals surface area contributed by atoms with E-state index in [1.165, 1.54) is 16.3 Å². The first-order valence-corrected chi connectivity index (χ1v) is 11.3. The fourth-order valence-electron chi connectivity index (χ4n) is 3.25. The lowest BCUT2D eigenvalue weighted by atomic mass is 9.98. The molecule has 0 spiro atoms. The van der Waals surface area contributed by atoms with Gasteiger partial charge in [-0.3, -0.25) is 4.79 Å². The molecule has 3 aromatic rings. The molecule has 0 amide bonds. The van der Waals surface area contributed by atoms with Crippen LogP contribution in [-0.2, 0) is 0 Å². The second-order valence-electron chi connectivity index (χ2n) is 6.46. The first-order valence-electron chi connectivity index (χ1n) is 8.37. The Morgan fingerprint density at radius 3 is 2.00 bits per heavy atom. The molecule has 2 heteroatoms. The molecule has 0 fully saturated rings. The number of benzene rings is 3. The Morgan fingerprint density at radius 2 is 1.38 bits per heavy atom. The zero-order valence-electron chi connectivity index (χ0n) is 14.4. The third kappa shape index (κ3) is 3.24. The molecule has 0 saturated heterocycles. The quantitative estimate of drug-likeness (QED) is 0.505. The number of carbonyl (C=O) groups excluding carboxylic acids is 1. The molecule has 0 aliphatic rings. The summed E-state index contributed by atoms with van der Waals surface area (Å²) in [6.07, 6.45) is 0. The summed E-state index contributed by atoms with van der Waals surface area (Å²) in [5.41, 5.74) is 5.18. The van der Waals surface area contributed by atoms with Gasteiger partial charge in [0.15, 0.2) is 5.78 Å². The largest absolute Gasteiger partial charge is 0.289 e. The second-order valence-corrected chi connectivity index (χ2v) is 9.35. The number of rotatable bonds is 4. The minimum atomic E-state index is -1.07. The lowest BCUT2D eigenvalue weighted by Crippen LogP contribution is -2.31. The first-order chi connectivity index (χ1) is 11.6. The summed E-state index contributed by atoms with van der Waals surface area (Å²) in [6.45, 7) is 6.66. The normalized spacial score (nSPS) is 10.8. The van der Waals surface area contributed by atoms with E-state index < -0.39 is 8.80 Å². The van der Waals surface area contributed by atoms with Gasteiger partial charge in [-0.1, -0.05) is 91.5 Å². The fraction of sp³-hybridized carbons (Fsp3) is 0.136. The van der Waals surface area contributed by atoms with Gasteiger partial charge in [0, 0.05) is 11.1 Å². The average molecular weight is 331 g/mol. The highest BCUT2D eigenvalue weighted by Gasteiger charge is 2.17. The molecule has 0 unspecified atom stereocenters. The maximum absolute atomic E-state index is 13.0. The van der Waals surface area contributed by atoms with Gasteiger partial charge in [0.25, 0.3) is 0 Å². The van der Waals surface area contributed by atoms with Gasteiger partial charge in [-0.05, 0) is 23.2 Å². The topological polar surface area (TPSA) is 17.1 Å². The van der Waals surface area contributed by atoms with Crippen molar-refractivity contribution in [3.63, 3.8) is 0 Å². The van der Waals surface area contributed by atoms with Gasteiger partial charge in [0.05, 0.1) is 8.80 Å². The van der Waals surface area contributed by atoms with Crippen molar-refractivity contribution in [3.8, 4) is 11.1 Å². The predicted octanol–water partition coefficient (Wildman–Crippen LogP) is 4.59. The number of hydrogen-bond acceptors (Lipinski definition) is 1. The van der Waals surface area contributed by atoms with Crippen molar-refractivity contribution in [2.45, 2.75) is 20.0 Å². The monoisotopic (exact) mass is 330 g/mol. The van der Waals surface area contributed by atoms with Crippen molar-refractivity contribution < 1.29 is 4.79 Å². The maximum Gasteiger partial charge on any atom is 0.192 e. The van der Waals surface area contributed by atoms with Crippen LogP contribution in [0.25, 0.3) is 11.1 Å². The SMILES string of the molecule is Cc1cccc(C(=O)c2ccc(-c3ccccc3)cc2)c1[SiH](C)C. The van der Waals surface area contributed by atoms with Crippen LogP contribution in [0.4, 0.5) is 0 Å². The van der Waals surface area contributed by atoms with Crippen LogP contribution < -0.4 is 5.19 Å². The Kier molecular flexibility index (Phi) is 4.77. The molecule has 0 aromatic heterocycles. The molecule has 1 nitrogen and oxygen atoms in total. The molecule has 3 rings (SSSR count). The zero-order chi connectivity index (χ0) is 17.1. The molecule has 24 heavy (non-hydrogen) atoms. The Bertz CT molecular complexity index is 849. The zero-order valence-corrected chi connectivity index (χ0v) is 15.6. The highest BCUT2D eigenvalue weighted by atomic mass is 28.3. The van der Waals surface area contributed by atoms with Gasteiger partial charge < -0.3 is 0 Å². The van der Waals surface area contributed by atoms with Crippen LogP contribution in [0, 0.1) is 6.92 Å². The minimum Gasteiger partial charge on any atom is -0.289 e. The molecule has 0 heterocycles. The van der Waals surface area contributed by atoms with E-state index in [2.05, 4.69) is 38.2 Å². The van der Waals surface area contributed by atoms with Crippen LogP contribution in [0.3, 0.4) is 0 Å². The molecule has 0 atom stereocenters. The Hall–Kier alpha value is -2.45. The lowest BCUT2D eigenvalue weighted by molar-refractivity contribution is 0.103. The second kappa shape index (κ2) is 6.98. The van der Waals surface area contributed by atoms with E-state index in [1.807, 2.05) is 54.6 Å². The predicted molar refractivity (Wildman–Crippen MR) is 105 cm³/mol. The van der Waals surface area contributed by atoms with Gasteiger partial charge >= 0.3 is 0 Å². The Balaban J connectivity index is 1.96. The fourth-order valence-corrected chi connectivity index (χ4v) is 5.10. The molecule has 0 radical (unpaired) electrons. The Labute approximate surface area is 145 Å². The molecule has 0 aliphatic carbocycles. The van der Waals surface area contributed by atoms with E-state index in [0.29, 0.717) is 0 Å². The van der Waals surface area contributed by atoms with E-state index in [1.54, 1.807) is 0 Å². The van der Waals surface area contributed by atoms with Crippen molar-refractivity contribution in [1.29, 1.82) is 0 Å². The summed E-state index contributed by atoms with van der Waals surface area (Å²) < 4.78 is 0. The van der Waals surface area contributed by atoms with E-state index >= 15 is 0 Å². The number of ketones is 1. The average Bonchev–Trinajstić information content (AvgIpc) is 2.61. The molecule has 0 saturated carbocycles. The van der Waals surface area contributed by atoms with Crippen molar-refractivity contribution >= 4 is 19.8 Å². The summed E-state index contributed by atoms with van der Waals surface area (Å²) in [6, 6.07) is 24.3. The standard InChI is InChI=1S/C22H22OSi/c1-16-8-7-11-20(22(16)24(2)3)21(23)19-14-12-18(13-15-19)17-9-5-4-6-10-17/h4-15,24H,1-3H3. The molecule has 120 valence electrons. The highest BCUT2D eigenvalue weighted by molar-refractivity contribution is 6.72. The van der Waals surface area contributed by atoms with Crippen molar-refractivity contribution in [1.82, 2.24) is 0 Å². The third-order valence-electron chi connectivity index (χ3n) is 4.40. The number of hydrogen-bond donors (Lipinski definition) is 0. The summed E-state index contributed by atoms with van der Waals surface area (Å²) in [5.74, 6) is 0.134. The number of carbonyl (C=O) groups is 1. The molecule has 0 bridgehead atoms. The van der Waals surface area contributed by atoms with Gasteiger partial charge in [-0.15, -0.1) is 0 Å². The molecule has 0 aliphatic heterocycles. The van der Waals surface area contributed by atoms with E-state index in [9.17, 15) is 4.79 Å². The van der Waals surface area contributed by atoms with E-state index in [0.717, 1.165) is 16.7 Å². The van der Waals surface area contributed by atoms with Crippen molar-refractivity contribution in [2.24, 2.45) is 0 Å². The van der Waals surface area contributed by atoms with Gasteiger partial charge in [-0.2, -0.15) is 0 Å². The number of aryl methyl sites for hydroxylation is 1. The van der Waals surface area contributed by atoms with Crippen LogP contribution in [0.5, 0.6) is 0 Å². The van der Waals surface area contributed by atoms with Crippen LogP contribution in [0.1, 0.15) is 21.5 Å². The molecular weight excluding hydrogens is 308 g/mol. The molecule has 0 N–H and O–H groups in total. The van der Waals surface area contributed by atoms with Crippen molar-refractivity contribution in [2.75, 3.05) is 0 Å². The Morgan fingerprint density at radius 1 is 0.750 bits per heavy atom. The van der Waals surface area contributed by atoms with Gasteiger partial charge in [-0.25, -0.2) is 0 Å². The summed E-state index contributed by atoms with van der Waals surface area (Å²) in [4.78, 5) is 13.0. The van der Waals surface area contributed by atoms with Crippen LogP contribution in [0.15, 0.2) is 72.8 Å². The minimum absolute atomic E-state index is 0.134. The van der Waals surface area contributed by atoms with Crippen molar-refractivity contribution in [3.05, 3.63) is 89.5 Å². The van der Waals surface area contributed by atoms with Crippen LogP contribution in [-0.4, -0.2) is 14.6 Å². The highest BCUT2D eigenvalue weighted by Crippen LogP contribution is 2.20. The lowest BCUT2D eigenvalue weighted by Gasteiger charge is -2.14. The van der Waals surface area contributed by atoms with Gasteiger partial charge in [0.2, 0.25) is 0 Å². The van der Waals surface area contributed by atoms with E-state index in [4.69, 9.17) is 0 Å². The molecule has 3 aromatic carbocycles. The van der Waals surface area contributed by atoms with Crippen LogP contribution >= 0.6 is 0 Å². The summed E-state index contributed by atoms with van der Waals surface area (Å²) in [5, 5.41) is 1.29. The summed E-state index contributed by atoms with van der Waals surface area (Å²) in [7, 11) is -1.07. The molecular formula is C22H22OSi. The third-order valence-corrected chi connectivity index (χ3v) is 6.32. The summed E-state index contributed by atoms with van der Waals surface area (Å²) >= 11 is 0. The smallest absolute Gasteiger partial charge is 0.192 e. The first kappa shape index (κ1) is 16.4. The maximum atomic E-state index is 13.0. The van der Waals surface area contributed by atoms with Crippen LogP contribution in [0.2, 0.25) is 13.1 Å². The van der Waals surface area contributed by atoms with Gasteiger partial charge in [0.1, 0.15) is 0 Å². The van der Waals surface area contributed by atoms with E-state index in [-0.39, 0.29) is 5.78 Å².